The Balaban J connectivity index is 2.11. The second-order valence-electron chi connectivity index (χ2n) is 6.00. The van der Waals surface area contributed by atoms with Crippen LogP contribution in [0.4, 0.5) is 0 Å². The Morgan fingerprint density at radius 1 is 1.27 bits per heavy atom. The highest BCUT2D eigenvalue weighted by Gasteiger charge is 2.13. The van der Waals surface area contributed by atoms with Gasteiger partial charge in [-0.3, -0.25) is 4.79 Å². The molecule has 0 fully saturated rings. The Labute approximate surface area is 134 Å². The van der Waals surface area contributed by atoms with Gasteiger partial charge in [0.05, 0.1) is 6.20 Å². The number of ether oxygens (including phenoxy) is 1. The molecule has 0 saturated carbocycles. The van der Waals surface area contributed by atoms with Crippen LogP contribution in [0.15, 0.2) is 35.3 Å². The molecule has 0 unspecified atom stereocenters. The van der Waals surface area contributed by atoms with Gasteiger partial charge in [0, 0.05) is 0 Å². The molecule has 0 atom stereocenters. The van der Waals surface area contributed by atoms with Gasteiger partial charge in [-0.2, -0.15) is 5.10 Å². The zero-order valence-electron chi connectivity index (χ0n) is 12.8. The van der Waals surface area contributed by atoms with Crippen molar-refractivity contribution >= 4 is 11.6 Å². The van der Waals surface area contributed by atoms with E-state index in [9.17, 15) is 4.79 Å². The minimum atomic E-state index is -0.579. The Morgan fingerprint density at radius 2 is 1.91 bits per heavy atom. The molecule has 0 saturated heterocycles. The first-order valence-corrected chi connectivity index (χ1v) is 7.29. The van der Waals surface area contributed by atoms with Gasteiger partial charge in [0.15, 0.2) is 10.8 Å². The van der Waals surface area contributed by atoms with E-state index in [1.807, 2.05) is 12.1 Å². The van der Waals surface area contributed by atoms with E-state index in [-0.39, 0.29) is 22.8 Å². The molecule has 1 N–H and O–H groups in total. The number of halogens is 1. The van der Waals surface area contributed by atoms with E-state index in [2.05, 4.69) is 38.0 Å². The lowest BCUT2D eigenvalue weighted by atomic mass is 9.87. The number of nitrogens with zero attached hydrogens (tertiary/aromatic N) is 2. The zero-order valence-corrected chi connectivity index (χ0v) is 13.6. The first-order chi connectivity index (χ1) is 10.3. The minimum absolute atomic E-state index is 0.0876. The monoisotopic (exact) mass is 322 g/mol. The molecule has 0 amide bonds. The third kappa shape index (κ3) is 3.67. The van der Waals surface area contributed by atoms with E-state index in [0.29, 0.717) is 0 Å². The second-order valence-corrected chi connectivity index (χ2v) is 6.38. The van der Waals surface area contributed by atoms with Crippen molar-refractivity contribution < 1.29 is 9.84 Å². The summed E-state index contributed by atoms with van der Waals surface area (Å²) in [4.78, 5) is 11.7. The van der Waals surface area contributed by atoms with Gasteiger partial charge < -0.3 is 9.84 Å². The number of aliphatic hydroxyl groups is 1. The molecule has 118 valence electrons. The molecule has 1 aromatic heterocycles. The summed E-state index contributed by atoms with van der Waals surface area (Å²) in [6.07, 6.45) is 1.32. The average molecular weight is 323 g/mol. The summed E-state index contributed by atoms with van der Waals surface area (Å²) in [7, 11) is 0. The fourth-order valence-corrected chi connectivity index (χ4v) is 2.11. The van der Waals surface area contributed by atoms with Gasteiger partial charge in [-0.05, 0) is 16.5 Å². The van der Waals surface area contributed by atoms with Crippen molar-refractivity contribution in [2.45, 2.75) is 39.5 Å². The van der Waals surface area contributed by atoms with E-state index < -0.39 is 12.3 Å². The fourth-order valence-electron chi connectivity index (χ4n) is 1.91. The fraction of sp³-hybridized carbons (Fsp3) is 0.375. The predicted molar refractivity (Wildman–Crippen MR) is 85.2 cm³/mol. The third-order valence-corrected chi connectivity index (χ3v) is 3.65. The number of hydrogen-bond donors (Lipinski definition) is 1. The van der Waals surface area contributed by atoms with Gasteiger partial charge >= 0.3 is 0 Å². The van der Waals surface area contributed by atoms with Crippen LogP contribution in [0.3, 0.4) is 0 Å². The maximum absolute atomic E-state index is 11.7. The zero-order chi connectivity index (χ0) is 16.3. The Hall–Kier alpha value is -1.85. The Bertz CT molecular complexity index is 703. The molecule has 0 radical (unpaired) electrons. The Morgan fingerprint density at radius 3 is 2.45 bits per heavy atom. The van der Waals surface area contributed by atoms with E-state index in [0.717, 1.165) is 10.2 Å². The highest BCUT2D eigenvalue weighted by Crippen LogP contribution is 2.23. The Kier molecular flexibility index (Phi) is 4.88. The van der Waals surface area contributed by atoms with Crippen molar-refractivity contribution in [1.29, 1.82) is 0 Å². The van der Waals surface area contributed by atoms with Gasteiger partial charge in [0.25, 0.3) is 5.56 Å². The summed E-state index contributed by atoms with van der Waals surface area (Å²) in [6, 6.07) is 8.08. The topological polar surface area (TPSA) is 64.3 Å². The maximum atomic E-state index is 11.7. The molecule has 0 aliphatic rings. The van der Waals surface area contributed by atoms with Crippen molar-refractivity contribution in [3.05, 3.63) is 57.0 Å². The van der Waals surface area contributed by atoms with Gasteiger partial charge in [-0.25, -0.2) is 4.68 Å². The molecule has 0 aliphatic carbocycles. The summed E-state index contributed by atoms with van der Waals surface area (Å²) in [5.41, 5.74) is 1.73. The van der Waals surface area contributed by atoms with Crippen LogP contribution < -0.4 is 10.3 Å². The largest absolute Gasteiger partial charge is 0.485 e. The lowest BCUT2D eigenvalue weighted by Gasteiger charge is -2.19. The second kappa shape index (κ2) is 6.50. The lowest BCUT2D eigenvalue weighted by molar-refractivity contribution is 0.187. The molecule has 0 aliphatic heterocycles. The molecule has 2 aromatic rings. The maximum Gasteiger partial charge on any atom is 0.291 e. The SMILES string of the molecule is CC(C)(C)c1ccc(COc2cnn(CO)c(=O)c2Cl)cc1. The van der Waals surface area contributed by atoms with Crippen molar-refractivity contribution in [1.82, 2.24) is 9.78 Å². The molecule has 22 heavy (non-hydrogen) atoms. The van der Waals surface area contributed by atoms with Crippen LogP contribution in [0.2, 0.25) is 5.02 Å². The number of aromatic nitrogens is 2. The number of benzene rings is 1. The third-order valence-electron chi connectivity index (χ3n) is 3.30. The standard InChI is InChI=1S/C16H19ClN2O3/c1-16(2,3)12-6-4-11(5-7-12)9-22-13-8-18-19(10-20)15(21)14(13)17/h4-8,20H,9-10H2,1-3H3. The quantitative estimate of drug-likeness (QED) is 0.940. The molecule has 2 rings (SSSR count). The van der Waals surface area contributed by atoms with E-state index in [4.69, 9.17) is 21.4 Å². The van der Waals surface area contributed by atoms with Gasteiger partial charge in [0.2, 0.25) is 0 Å². The van der Waals surface area contributed by atoms with Crippen LogP contribution in [0, 0.1) is 0 Å². The van der Waals surface area contributed by atoms with Crippen LogP contribution in [-0.4, -0.2) is 14.9 Å². The van der Waals surface area contributed by atoms with Gasteiger partial charge in [0.1, 0.15) is 13.3 Å². The van der Waals surface area contributed by atoms with E-state index in [1.54, 1.807) is 0 Å². The number of hydrogen-bond acceptors (Lipinski definition) is 4. The lowest BCUT2D eigenvalue weighted by Crippen LogP contribution is -2.23. The van der Waals surface area contributed by atoms with Gasteiger partial charge in [-0.15, -0.1) is 0 Å². The van der Waals surface area contributed by atoms with E-state index in [1.165, 1.54) is 11.8 Å². The molecule has 1 aromatic carbocycles. The van der Waals surface area contributed by atoms with Crippen molar-refractivity contribution in [3.8, 4) is 5.75 Å². The summed E-state index contributed by atoms with van der Waals surface area (Å²) in [5, 5.41) is 12.6. The molecule has 0 spiro atoms. The predicted octanol–water partition coefficient (Wildman–Crippen LogP) is 2.72. The highest BCUT2D eigenvalue weighted by molar-refractivity contribution is 6.31. The van der Waals surface area contributed by atoms with Crippen LogP contribution in [0.1, 0.15) is 31.9 Å². The van der Waals surface area contributed by atoms with Crippen molar-refractivity contribution in [2.75, 3.05) is 0 Å². The summed E-state index contributed by atoms with van der Waals surface area (Å²) < 4.78 is 6.39. The summed E-state index contributed by atoms with van der Waals surface area (Å²) in [5.74, 6) is 0.205. The molecule has 1 heterocycles. The number of aliphatic hydroxyl groups excluding tert-OH is 1. The molecular weight excluding hydrogens is 304 g/mol. The van der Waals surface area contributed by atoms with Gasteiger partial charge in [-0.1, -0.05) is 56.6 Å². The highest BCUT2D eigenvalue weighted by atomic mass is 35.5. The minimum Gasteiger partial charge on any atom is -0.485 e. The molecular formula is C16H19ClN2O3. The van der Waals surface area contributed by atoms with Crippen molar-refractivity contribution in [3.63, 3.8) is 0 Å². The van der Waals surface area contributed by atoms with Crippen molar-refractivity contribution in [2.24, 2.45) is 0 Å². The van der Waals surface area contributed by atoms with E-state index >= 15 is 0 Å². The average Bonchev–Trinajstić information content (AvgIpc) is 2.48. The first kappa shape index (κ1) is 16.5. The normalized spacial score (nSPS) is 11.5. The molecule has 0 bridgehead atoms. The molecule has 5 nitrogen and oxygen atoms in total. The number of rotatable bonds is 4. The first-order valence-electron chi connectivity index (χ1n) is 6.91. The van der Waals surface area contributed by atoms with Crippen LogP contribution in [0.5, 0.6) is 5.75 Å². The smallest absolute Gasteiger partial charge is 0.291 e. The summed E-state index contributed by atoms with van der Waals surface area (Å²) >= 11 is 5.92. The molecule has 6 heteroatoms. The van der Waals surface area contributed by atoms with Crippen LogP contribution >= 0.6 is 11.6 Å². The van der Waals surface area contributed by atoms with Crippen LogP contribution in [-0.2, 0) is 18.8 Å². The summed E-state index contributed by atoms with van der Waals surface area (Å²) in [6.45, 7) is 6.22. The van der Waals surface area contributed by atoms with Crippen LogP contribution in [0.25, 0.3) is 0 Å².